The molecule has 0 atom stereocenters. The highest BCUT2D eigenvalue weighted by Crippen LogP contribution is 2.32. The highest BCUT2D eigenvalue weighted by Gasteiger charge is 2.19. The van der Waals surface area contributed by atoms with Crippen molar-refractivity contribution < 1.29 is 19.4 Å². The van der Waals surface area contributed by atoms with Crippen molar-refractivity contribution in [2.75, 3.05) is 39.6 Å². The fourth-order valence-corrected chi connectivity index (χ4v) is 1.80. The van der Waals surface area contributed by atoms with Crippen LogP contribution in [0.15, 0.2) is 24.8 Å². The zero-order chi connectivity index (χ0) is 15.1. The van der Waals surface area contributed by atoms with E-state index < -0.39 is 0 Å². The molecule has 0 aliphatic heterocycles. The smallest absolute Gasteiger partial charge is 0.256 e. The van der Waals surface area contributed by atoms with Gasteiger partial charge in [0.15, 0.2) is 11.5 Å². The van der Waals surface area contributed by atoms with Gasteiger partial charge in [0.1, 0.15) is 0 Å². The zero-order valence-electron chi connectivity index (χ0n) is 11.8. The number of aliphatic hydroxyl groups excluding tert-OH is 1. The minimum Gasteiger partial charge on any atom is -0.493 e. The molecule has 0 spiro atoms. The number of aliphatic hydroxyl groups is 1. The molecule has 110 valence electrons. The van der Waals surface area contributed by atoms with E-state index in [1.165, 1.54) is 31.3 Å². The van der Waals surface area contributed by atoms with E-state index in [2.05, 4.69) is 6.58 Å². The molecule has 1 aromatic rings. The van der Waals surface area contributed by atoms with Crippen LogP contribution >= 0.6 is 0 Å². The van der Waals surface area contributed by atoms with E-state index >= 15 is 0 Å². The quantitative estimate of drug-likeness (QED) is 0.573. The number of hydrogen-bond acceptors (Lipinski definition) is 5. The second kappa shape index (κ2) is 7.40. The second-order valence-corrected chi connectivity index (χ2v) is 4.06. The van der Waals surface area contributed by atoms with Crippen molar-refractivity contribution in [1.82, 2.24) is 4.90 Å². The summed E-state index contributed by atoms with van der Waals surface area (Å²) in [4.78, 5) is 13.9. The number of nitrogens with two attached hydrogens (primary N) is 1. The lowest BCUT2D eigenvalue weighted by Gasteiger charge is -2.21. The van der Waals surface area contributed by atoms with E-state index in [1.807, 2.05) is 0 Å². The average Bonchev–Trinajstić information content (AvgIpc) is 2.46. The fourth-order valence-electron chi connectivity index (χ4n) is 1.80. The van der Waals surface area contributed by atoms with E-state index in [0.29, 0.717) is 29.3 Å². The van der Waals surface area contributed by atoms with Crippen molar-refractivity contribution in [1.29, 1.82) is 0 Å². The van der Waals surface area contributed by atoms with Crippen LogP contribution in [-0.2, 0) is 0 Å². The van der Waals surface area contributed by atoms with Gasteiger partial charge in [0, 0.05) is 24.8 Å². The van der Waals surface area contributed by atoms with Crippen molar-refractivity contribution in [3.63, 3.8) is 0 Å². The number of ether oxygens (including phenoxy) is 2. The summed E-state index contributed by atoms with van der Waals surface area (Å²) in [6, 6.07) is 3.07. The molecule has 0 aliphatic carbocycles. The summed E-state index contributed by atoms with van der Waals surface area (Å²) in [7, 11) is 2.98. The number of nitrogen functional groups attached to an aromatic ring is 1. The first-order valence-corrected chi connectivity index (χ1v) is 6.11. The van der Waals surface area contributed by atoms with Crippen molar-refractivity contribution >= 4 is 11.6 Å². The van der Waals surface area contributed by atoms with Crippen LogP contribution in [0.5, 0.6) is 11.5 Å². The van der Waals surface area contributed by atoms with Gasteiger partial charge in [0.25, 0.3) is 5.91 Å². The molecule has 1 aromatic carbocycles. The van der Waals surface area contributed by atoms with Gasteiger partial charge < -0.3 is 25.2 Å². The maximum Gasteiger partial charge on any atom is 0.256 e. The first-order valence-electron chi connectivity index (χ1n) is 6.11. The number of benzene rings is 1. The average molecular weight is 280 g/mol. The van der Waals surface area contributed by atoms with Crippen LogP contribution in [0.4, 0.5) is 5.69 Å². The first-order chi connectivity index (χ1) is 9.58. The highest BCUT2D eigenvalue weighted by atomic mass is 16.5. The molecule has 6 nitrogen and oxygen atoms in total. The lowest BCUT2D eigenvalue weighted by Crippen LogP contribution is -2.34. The van der Waals surface area contributed by atoms with E-state index in [4.69, 9.17) is 20.3 Å². The molecule has 0 aliphatic rings. The number of hydrogen-bond donors (Lipinski definition) is 2. The lowest BCUT2D eigenvalue weighted by molar-refractivity contribution is 0.0743. The third-order valence-electron chi connectivity index (χ3n) is 2.79. The first kappa shape index (κ1) is 15.8. The number of rotatable bonds is 7. The minimum atomic E-state index is -0.294. The van der Waals surface area contributed by atoms with E-state index in [-0.39, 0.29) is 19.1 Å². The zero-order valence-corrected chi connectivity index (χ0v) is 11.8. The molecule has 3 N–H and O–H groups in total. The van der Waals surface area contributed by atoms with Crippen molar-refractivity contribution in [3.8, 4) is 11.5 Å². The van der Waals surface area contributed by atoms with Crippen LogP contribution in [0.25, 0.3) is 0 Å². The van der Waals surface area contributed by atoms with Crippen molar-refractivity contribution in [2.45, 2.75) is 0 Å². The van der Waals surface area contributed by atoms with Gasteiger partial charge in [-0.25, -0.2) is 0 Å². The molecular weight excluding hydrogens is 260 g/mol. The van der Waals surface area contributed by atoms with Gasteiger partial charge in [0.2, 0.25) is 0 Å². The lowest BCUT2D eigenvalue weighted by atomic mass is 10.1. The van der Waals surface area contributed by atoms with Crippen LogP contribution in [0.2, 0.25) is 0 Å². The number of carbonyl (C=O) groups excluding carboxylic acids is 1. The molecule has 1 amide bonds. The summed E-state index contributed by atoms with van der Waals surface area (Å²) in [5.41, 5.74) is 6.48. The fraction of sp³-hybridized carbons (Fsp3) is 0.357. The largest absolute Gasteiger partial charge is 0.493 e. The van der Waals surface area contributed by atoms with Gasteiger partial charge in [-0.15, -0.1) is 6.58 Å². The Morgan fingerprint density at radius 1 is 1.40 bits per heavy atom. The third kappa shape index (κ3) is 3.42. The summed E-state index contributed by atoms with van der Waals surface area (Å²) < 4.78 is 10.3. The van der Waals surface area contributed by atoms with Gasteiger partial charge in [-0.05, 0) is 6.07 Å². The highest BCUT2D eigenvalue weighted by molar-refractivity contribution is 6.00. The van der Waals surface area contributed by atoms with E-state index in [0.717, 1.165) is 0 Å². The molecule has 1 rings (SSSR count). The maximum atomic E-state index is 12.4. The van der Waals surface area contributed by atoms with Gasteiger partial charge in [-0.1, -0.05) is 6.08 Å². The number of methoxy groups -OCH3 is 2. The van der Waals surface area contributed by atoms with E-state index in [1.54, 1.807) is 6.08 Å². The molecule has 0 saturated heterocycles. The Balaban J connectivity index is 3.16. The Morgan fingerprint density at radius 2 is 2.00 bits per heavy atom. The Morgan fingerprint density at radius 3 is 2.50 bits per heavy atom. The summed E-state index contributed by atoms with van der Waals surface area (Å²) in [5.74, 6) is 0.587. The van der Waals surface area contributed by atoms with Gasteiger partial charge in [-0.3, -0.25) is 4.79 Å². The van der Waals surface area contributed by atoms with Crippen molar-refractivity contribution in [2.24, 2.45) is 0 Å². The summed E-state index contributed by atoms with van der Waals surface area (Å²) in [6.45, 7) is 3.99. The maximum absolute atomic E-state index is 12.4. The standard InChI is InChI=1S/C14H20N2O4/c1-4-5-16(6-7-17)14(18)10-8-12(19-2)13(20-3)9-11(10)15/h4,8-9,17H,1,5-7,15H2,2-3H3. The number of nitrogens with zero attached hydrogens (tertiary/aromatic N) is 1. The monoisotopic (exact) mass is 280 g/mol. The molecular formula is C14H20N2O4. The van der Waals surface area contributed by atoms with Crippen molar-refractivity contribution in [3.05, 3.63) is 30.4 Å². The molecule has 0 radical (unpaired) electrons. The van der Waals surface area contributed by atoms with E-state index in [9.17, 15) is 4.79 Å². The Hall–Kier alpha value is -2.21. The predicted molar refractivity (Wildman–Crippen MR) is 77.1 cm³/mol. The molecule has 0 fully saturated rings. The Kier molecular flexibility index (Phi) is 5.86. The predicted octanol–water partition coefficient (Wildman–Crippen LogP) is 0.907. The second-order valence-electron chi connectivity index (χ2n) is 4.06. The Labute approximate surface area is 118 Å². The normalized spacial score (nSPS) is 9.95. The molecule has 0 bridgehead atoms. The molecule has 0 heterocycles. The summed E-state index contributed by atoms with van der Waals surface area (Å²) in [5, 5.41) is 9.01. The van der Waals surface area contributed by atoms with Gasteiger partial charge >= 0.3 is 0 Å². The SMILES string of the molecule is C=CCN(CCO)C(=O)c1cc(OC)c(OC)cc1N. The molecule has 0 aromatic heterocycles. The Bertz CT molecular complexity index is 488. The molecule has 6 heteroatoms. The minimum absolute atomic E-state index is 0.132. The van der Waals surface area contributed by atoms with Gasteiger partial charge in [0.05, 0.1) is 26.4 Å². The van der Waals surface area contributed by atoms with Crippen LogP contribution < -0.4 is 15.2 Å². The summed E-state index contributed by atoms with van der Waals surface area (Å²) >= 11 is 0. The third-order valence-corrected chi connectivity index (χ3v) is 2.79. The summed E-state index contributed by atoms with van der Waals surface area (Å²) in [6.07, 6.45) is 1.59. The molecule has 20 heavy (non-hydrogen) atoms. The molecule has 0 saturated carbocycles. The topological polar surface area (TPSA) is 85.0 Å². The van der Waals surface area contributed by atoms with Crippen LogP contribution in [0.3, 0.4) is 0 Å². The number of carbonyl (C=O) groups is 1. The number of anilines is 1. The number of amides is 1. The molecule has 0 unspecified atom stereocenters. The van der Waals surface area contributed by atoms with Crippen LogP contribution in [0.1, 0.15) is 10.4 Å². The van der Waals surface area contributed by atoms with Crippen LogP contribution in [0, 0.1) is 0 Å². The van der Waals surface area contributed by atoms with Gasteiger partial charge in [-0.2, -0.15) is 0 Å². The van der Waals surface area contributed by atoms with Crippen LogP contribution in [-0.4, -0.2) is 49.8 Å².